The maximum Gasteiger partial charge on any atom is 0.125 e. The fourth-order valence-corrected chi connectivity index (χ4v) is 5.52. The van der Waals surface area contributed by atoms with Gasteiger partial charge in [0.05, 0.1) is 33.2 Å². The molecular formula is C36H61NO3. The van der Waals surface area contributed by atoms with Crippen LogP contribution in [-0.2, 0) is 0 Å². The highest BCUT2D eigenvalue weighted by Crippen LogP contribution is 2.24. The van der Waals surface area contributed by atoms with E-state index < -0.39 is 5.97 Å². The van der Waals surface area contributed by atoms with Crippen LogP contribution in [0.2, 0.25) is 0 Å². The summed E-state index contributed by atoms with van der Waals surface area (Å²) in [6, 6.07) is 10.9. The zero-order valence-corrected chi connectivity index (χ0v) is 26.7. The van der Waals surface area contributed by atoms with Gasteiger partial charge >= 0.3 is 0 Å². The van der Waals surface area contributed by atoms with Gasteiger partial charge < -0.3 is 19.5 Å². The molecule has 0 spiro atoms. The van der Waals surface area contributed by atoms with E-state index in [9.17, 15) is 15.0 Å². The van der Waals surface area contributed by atoms with Gasteiger partial charge in [-0.25, -0.2) is 0 Å². The second kappa shape index (κ2) is 21.6. The first kappa shape index (κ1) is 36.0. The van der Waals surface area contributed by atoms with E-state index in [0.717, 1.165) is 21.3 Å². The molecule has 0 amide bonds. The normalized spacial score (nSPS) is 12.2. The Morgan fingerprint density at radius 1 is 0.675 bits per heavy atom. The van der Waals surface area contributed by atoms with Crippen molar-refractivity contribution in [2.75, 3.05) is 21.1 Å². The smallest absolute Gasteiger partial charge is 0.125 e. The van der Waals surface area contributed by atoms with Crippen molar-refractivity contribution in [3.05, 3.63) is 42.0 Å². The number of aromatic hydroxyl groups is 1. The van der Waals surface area contributed by atoms with Crippen LogP contribution in [0.15, 0.2) is 36.4 Å². The SMILES string of the molecule is CCCCCCCCCCCCCC(CCCCCCCC)[N+](C)(C)C.O=C([O-])c1cc2ccccc2cc1O. The Hall–Kier alpha value is -2.07. The summed E-state index contributed by atoms with van der Waals surface area (Å²) < 4.78 is 1.16. The summed E-state index contributed by atoms with van der Waals surface area (Å²) in [6.45, 7) is 4.61. The Labute approximate surface area is 246 Å². The van der Waals surface area contributed by atoms with Crippen LogP contribution in [0.5, 0.6) is 5.75 Å². The fraction of sp³-hybridized carbons (Fsp3) is 0.694. The Bertz CT molecular complexity index is 918. The Kier molecular flexibility index (Phi) is 19.5. The number of hydrogen-bond donors (Lipinski definition) is 1. The number of carbonyl (C=O) groups is 1. The van der Waals surface area contributed by atoms with Crippen molar-refractivity contribution in [1.29, 1.82) is 0 Å². The second-order valence-electron chi connectivity index (χ2n) is 12.7. The number of carboxylic acid groups (broad SMARTS) is 1. The fourth-order valence-electron chi connectivity index (χ4n) is 5.52. The predicted octanol–water partition coefficient (Wildman–Crippen LogP) is 9.42. The van der Waals surface area contributed by atoms with Crippen molar-refractivity contribution in [3.8, 4) is 5.75 Å². The number of quaternary nitrogens is 1. The van der Waals surface area contributed by atoms with Gasteiger partial charge in [-0.05, 0) is 48.6 Å². The third kappa shape index (κ3) is 16.3. The van der Waals surface area contributed by atoms with E-state index in [1.807, 2.05) is 6.07 Å². The van der Waals surface area contributed by atoms with E-state index in [-0.39, 0.29) is 11.3 Å². The lowest BCUT2D eigenvalue weighted by Crippen LogP contribution is -2.45. The number of unbranched alkanes of at least 4 members (excludes halogenated alkanes) is 15. The van der Waals surface area contributed by atoms with Crippen molar-refractivity contribution in [2.45, 2.75) is 142 Å². The molecule has 0 saturated heterocycles. The molecule has 0 aliphatic carbocycles. The van der Waals surface area contributed by atoms with Crippen molar-refractivity contribution >= 4 is 16.7 Å². The van der Waals surface area contributed by atoms with Crippen molar-refractivity contribution in [3.63, 3.8) is 0 Å². The molecule has 4 heteroatoms. The summed E-state index contributed by atoms with van der Waals surface area (Å²) in [7, 11) is 7.21. The van der Waals surface area contributed by atoms with Crippen LogP contribution in [0.1, 0.15) is 146 Å². The van der Waals surface area contributed by atoms with Gasteiger partial charge in [-0.15, -0.1) is 0 Å². The molecule has 0 radical (unpaired) electrons. The summed E-state index contributed by atoms with van der Waals surface area (Å²) in [5.41, 5.74) is -0.177. The summed E-state index contributed by atoms with van der Waals surface area (Å²) >= 11 is 0. The molecule has 1 unspecified atom stereocenters. The van der Waals surface area contributed by atoms with E-state index in [4.69, 9.17) is 0 Å². The average Bonchev–Trinajstić information content (AvgIpc) is 2.91. The van der Waals surface area contributed by atoms with E-state index in [1.54, 1.807) is 18.2 Å². The zero-order chi connectivity index (χ0) is 29.6. The van der Waals surface area contributed by atoms with Crippen LogP contribution in [0.4, 0.5) is 0 Å². The molecule has 1 N–H and O–H groups in total. The molecule has 40 heavy (non-hydrogen) atoms. The molecule has 0 heterocycles. The van der Waals surface area contributed by atoms with E-state index in [0.29, 0.717) is 0 Å². The average molecular weight is 556 g/mol. The van der Waals surface area contributed by atoms with Gasteiger partial charge in [-0.3, -0.25) is 0 Å². The Balaban J connectivity index is 0.000000473. The monoisotopic (exact) mass is 555 g/mol. The zero-order valence-electron chi connectivity index (χ0n) is 26.7. The molecule has 1 atom stereocenters. The van der Waals surface area contributed by atoms with Gasteiger partial charge in [-0.2, -0.15) is 0 Å². The molecule has 0 bridgehead atoms. The molecule has 0 saturated carbocycles. The highest BCUT2D eigenvalue weighted by Gasteiger charge is 2.22. The van der Waals surface area contributed by atoms with Crippen LogP contribution >= 0.6 is 0 Å². The molecule has 4 nitrogen and oxygen atoms in total. The summed E-state index contributed by atoms with van der Waals surface area (Å²) in [5.74, 6) is -1.63. The molecule has 0 aliphatic heterocycles. The van der Waals surface area contributed by atoms with Crippen LogP contribution in [-0.4, -0.2) is 42.7 Å². The van der Waals surface area contributed by atoms with Crippen LogP contribution < -0.4 is 5.11 Å². The molecule has 2 aromatic rings. The number of phenols is 1. The molecule has 2 rings (SSSR count). The minimum atomic E-state index is -1.37. The van der Waals surface area contributed by atoms with Crippen LogP contribution in [0, 0.1) is 0 Å². The van der Waals surface area contributed by atoms with Gasteiger partial charge in [0.1, 0.15) is 5.75 Å². The number of carboxylic acids is 1. The molecular weight excluding hydrogens is 494 g/mol. The van der Waals surface area contributed by atoms with E-state index >= 15 is 0 Å². The topological polar surface area (TPSA) is 60.4 Å². The highest BCUT2D eigenvalue weighted by atomic mass is 16.4. The maximum atomic E-state index is 10.6. The summed E-state index contributed by atoms with van der Waals surface area (Å²) in [4.78, 5) is 10.6. The van der Waals surface area contributed by atoms with E-state index in [2.05, 4.69) is 35.0 Å². The number of hydrogen-bond acceptors (Lipinski definition) is 3. The molecule has 228 valence electrons. The van der Waals surface area contributed by atoms with Crippen LogP contribution in [0.25, 0.3) is 10.8 Å². The van der Waals surface area contributed by atoms with Gasteiger partial charge in [-0.1, -0.05) is 134 Å². The number of carbonyl (C=O) groups excluding carboxylic acids is 1. The van der Waals surface area contributed by atoms with Crippen molar-refractivity contribution in [1.82, 2.24) is 0 Å². The highest BCUT2D eigenvalue weighted by molar-refractivity contribution is 5.96. The minimum Gasteiger partial charge on any atom is -0.545 e. The first-order valence-corrected chi connectivity index (χ1v) is 16.4. The Morgan fingerprint density at radius 2 is 1.05 bits per heavy atom. The van der Waals surface area contributed by atoms with Gasteiger partial charge in [0.25, 0.3) is 0 Å². The van der Waals surface area contributed by atoms with Crippen LogP contribution in [0.3, 0.4) is 0 Å². The Morgan fingerprint density at radius 3 is 1.43 bits per heavy atom. The molecule has 0 fully saturated rings. The second-order valence-corrected chi connectivity index (χ2v) is 12.7. The number of nitrogens with zero attached hydrogens (tertiary/aromatic N) is 1. The first-order valence-electron chi connectivity index (χ1n) is 16.4. The standard InChI is InChI=1S/C25H54N.C11H8O3/c1-6-8-10-12-14-15-16-17-18-20-22-24-25(26(3,4)5)23-21-19-13-11-9-7-2;12-10-6-8-4-2-1-3-7(8)5-9(10)11(13)14/h25H,6-24H2,1-5H3;1-6,12H,(H,13,14)/q+1;/p-1. The predicted molar refractivity (Wildman–Crippen MR) is 171 cm³/mol. The quantitative estimate of drug-likeness (QED) is 0.123. The summed E-state index contributed by atoms with van der Waals surface area (Å²) in [6.07, 6.45) is 27.5. The van der Waals surface area contributed by atoms with Gasteiger partial charge in [0, 0.05) is 5.56 Å². The summed E-state index contributed by atoms with van der Waals surface area (Å²) in [5, 5.41) is 21.5. The number of benzene rings is 2. The van der Waals surface area contributed by atoms with Crippen molar-refractivity contribution in [2.24, 2.45) is 0 Å². The minimum absolute atomic E-state index is 0.177. The van der Waals surface area contributed by atoms with Gasteiger partial charge in [0.15, 0.2) is 0 Å². The number of fused-ring (bicyclic) bond motifs is 1. The third-order valence-corrected chi connectivity index (χ3v) is 8.21. The third-order valence-electron chi connectivity index (χ3n) is 8.21. The largest absolute Gasteiger partial charge is 0.545 e. The number of rotatable bonds is 21. The van der Waals surface area contributed by atoms with Gasteiger partial charge in [0.2, 0.25) is 0 Å². The lowest BCUT2D eigenvalue weighted by atomic mass is 9.98. The molecule has 0 aromatic heterocycles. The van der Waals surface area contributed by atoms with E-state index in [1.165, 1.54) is 134 Å². The molecule has 2 aromatic carbocycles. The lowest BCUT2D eigenvalue weighted by Gasteiger charge is -2.34. The molecule has 0 aliphatic rings. The number of aromatic carboxylic acids is 1. The van der Waals surface area contributed by atoms with Crippen molar-refractivity contribution < 1.29 is 19.5 Å². The first-order chi connectivity index (χ1) is 19.2. The maximum absolute atomic E-state index is 10.6. The lowest BCUT2D eigenvalue weighted by molar-refractivity contribution is -0.896.